The molecule has 0 aliphatic heterocycles. The molecule has 0 saturated carbocycles. The van der Waals surface area contributed by atoms with Gasteiger partial charge in [-0.25, -0.2) is 4.79 Å². The van der Waals surface area contributed by atoms with Crippen molar-refractivity contribution in [1.82, 2.24) is 14.4 Å². The van der Waals surface area contributed by atoms with Gasteiger partial charge in [-0.1, -0.05) is 53.5 Å². The third-order valence-electron chi connectivity index (χ3n) is 6.28. The molecule has 1 N–H and O–H groups in total. The number of carbonyl (C=O) groups is 2. The number of amides is 3. The quantitative estimate of drug-likeness (QED) is 0.232. The molecule has 3 amide bonds. The summed E-state index contributed by atoms with van der Waals surface area (Å²) in [5, 5.41) is 2.91. The molecule has 0 saturated heterocycles. The summed E-state index contributed by atoms with van der Waals surface area (Å²) in [6, 6.07) is 19.2. The number of carbonyl (C=O) groups excluding carboxylic acids is 2. The number of rotatable bonds is 15. The van der Waals surface area contributed by atoms with Crippen molar-refractivity contribution in [3.63, 3.8) is 0 Å². The number of para-hydroxylation sites is 2. The van der Waals surface area contributed by atoms with Crippen molar-refractivity contribution in [2.24, 2.45) is 0 Å². The van der Waals surface area contributed by atoms with Crippen molar-refractivity contribution in [3.05, 3.63) is 82.6 Å². The third-order valence-corrected chi connectivity index (χ3v) is 6.81. The second-order valence-corrected chi connectivity index (χ2v) is 10.1. The summed E-state index contributed by atoms with van der Waals surface area (Å²) in [6.07, 6.45) is 3.88. The third kappa shape index (κ3) is 9.44. The Labute approximate surface area is 240 Å². The Balaban J connectivity index is 1.73. The van der Waals surface area contributed by atoms with Crippen molar-refractivity contribution < 1.29 is 19.1 Å². The Kier molecular flexibility index (Phi) is 12.4. The lowest BCUT2D eigenvalue weighted by atomic mass is 10.2. The number of nitrogens with one attached hydrogen (secondary N) is 1. The summed E-state index contributed by atoms with van der Waals surface area (Å²) in [6.45, 7) is 6.83. The maximum absolute atomic E-state index is 13.6. The molecule has 0 spiro atoms. The number of hydrogen-bond acceptors (Lipinski definition) is 4. The van der Waals surface area contributed by atoms with E-state index in [-0.39, 0.29) is 25.0 Å². The van der Waals surface area contributed by atoms with Gasteiger partial charge in [-0.15, -0.1) is 0 Å². The lowest BCUT2D eigenvalue weighted by Crippen LogP contribution is -2.46. The molecule has 2 aromatic carbocycles. The zero-order valence-electron chi connectivity index (χ0n) is 23.1. The first-order chi connectivity index (χ1) is 18.9. The molecular weight excluding hydrogens is 560 g/mol. The van der Waals surface area contributed by atoms with Crippen LogP contribution in [0.15, 0.2) is 71.3 Å². The Morgan fingerprint density at radius 2 is 1.74 bits per heavy atom. The Hall–Kier alpha value is -3.30. The molecule has 1 aromatic heterocycles. The molecule has 39 heavy (non-hydrogen) atoms. The van der Waals surface area contributed by atoms with Crippen LogP contribution in [0.2, 0.25) is 0 Å². The fraction of sp³-hybridized carbons (Fsp3) is 0.400. The van der Waals surface area contributed by atoms with Crippen LogP contribution in [0.25, 0.3) is 0 Å². The lowest BCUT2D eigenvalue weighted by Gasteiger charge is -2.28. The van der Waals surface area contributed by atoms with E-state index in [2.05, 4.69) is 44.9 Å². The Morgan fingerprint density at radius 1 is 0.974 bits per heavy atom. The molecule has 3 rings (SSSR count). The highest BCUT2D eigenvalue weighted by atomic mass is 79.9. The molecule has 9 heteroatoms. The largest absolute Gasteiger partial charge is 0.492 e. The first-order valence-corrected chi connectivity index (χ1v) is 14.2. The summed E-state index contributed by atoms with van der Waals surface area (Å²) >= 11 is 3.49. The fourth-order valence-electron chi connectivity index (χ4n) is 4.13. The molecule has 0 radical (unpaired) electrons. The number of unbranched alkanes of at least 4 members (excludes halogenated alkanes) is 1. The number of ether oxygens (including phenoxy) is 2. The smallest absolute Gasteiger partial charge is 0.322 e. The van der Waals surface area contributed by atoms with E-state index in [9.17, 15) is 9.59 Å². The molecule has 0 bridgehead atoms. The molecule has 8 nitrogen and oxygen atoms in total. The van der Waals surface area contributed by atoms with Gasteiger partial charge in [0.15, 0.2) is 0 Å². The van der Waals surface area contributed by atoms with E-state index in [1.54, 1.807) is 19.2 Å². The van der Waals surface area contributed by atoms with Crippen LogP contribution in [-0.4, -0.2) is 66.3 Å². The SMILES string of the molecule is CCCCN(Cc1cccn1Cc1ccc(Br)cc1)C(=O)CN(CCOC)C(=O)Nc1ccccc1OCC. The second kappa shape index (κ2) is 16.0. The van der Waals surface area contributed by atoms with E-state index in [4.69, 9.17) is 9.47 Å². The van der Waals surface area contributed by atoms with Gasteiger partial charge in [0, 0.05) is 43.1 Å². The van der Waals surface area contributed by atoms with Crippen molar-refractivity contribution in [3.8, 4) is 5.75 Å². The van der Waals surface area contributed by atoms with Crippen LogP contribution < -0.4 is 10.1 Å². The highest BCUT2D eigenvalue weighted by Gasteiger charge is 2.23. The number of hydrogen-bond donors (Lipinski definition) is 1. The van der Waals surface area contributed by atoms with Gasteiger partial charge >= 0.3 is 6.03 Å². The van der Waals surface area contributed by atoms with Crippen molar-refractivity contribution in [2.75, 3.05) is 45.3 Å². The van der Waals surface area contributed by atoms with Gasteiger partial charge < -0.3 is 29.2 Å². The van der Waals surface area contributed by atoms with Crippen LogP contribution in [0.3, 0.4) is 0 Å². The first kappa shape index (κ1) is 30.2. The molecule has 0 aliphatic rings. The van der Waals surface area contributed by atoms with Crippen molar-refractivity contribution in [2.45, 2.75) is 39.8 Å². The van der Waals surface area contributed by atoms with Crippen LogP contribution >= 0.6 is 15.9 Å². The number of anilines is 1. The van der Waals surface area contributed by atoms with Gasteiger partial charge in [0.25, 0.3) is 0 Å². The van der Waals surface area contributed by atoms with E-state index >= 15 is 0 Å². The molecule has 0 unspecified atom stereocenters. The van der Waals surface area contributed by atoms with Crippen LogP contribution in [0.5, 0.6) is 5.75 Å². The standard InChI is InChI=1S/C30H39BrN4O4/c1-4-6-17-34(22-26-10-9-18-33(26)21-24-13-15-25(31)16-14-24)29(36)23-35(19-20-38-3)30(37)32-27-11-7-8-12-28(27)39-5-2/h7-16,18H,4-6,17,19-23H2,1-3H3,(H,32,37). The Bertz CT molecular complexity index is 1180. The zero-order valence-corrected chi connectivity index (χ0v) is 24.7. The van der Waals surface area contributed by atoms with Gasteiger partial charge in [0.1, 0.15) is 12.3 Å². The maximum Gasteiger partial charge on any atom is 0.322 e. The molecule has 1 heterocycles. The van der Waals surface area contributed by atoms with Gasteiger partial charge in [-0.2, -0.15) is 0 Å². The van der Waals surface area contributed by atoms with E-state index in [1.165, 1.54) is 10.5 Å². The number of aromatic nitrogens is 1. The van der Waals surface area contributed by atoms with E-state index in [0.29, 0.717) is 44.3 Å². The first-order valence-electron chi connectivity index (χ1n) is 13.4. The van der Waals surface area contributed by atoms with Crippen LogP contribution in [0.1, 0.15) is 37.9 Å². The number of urea groups is 1. The summed E-state index contributed by atoms with van der Waals surface area (Å²) in [5.41, 5.74) is 2.78. The Morgan fingerprint density at radius 3 is 2.46 bits per heavy atom. The van der Waals surface area contributed by atoms with Crippen LogP contribution in [-0.2, 0) is 22.6 Å². The lowest BCUT2D eigenvalue weighted by molar-refractivity contribution is -0.132. The predicted molar refractivity (Wildman–Crippen MR) is 158 cm³/mol. The molecule has 210 valence electrons. The topological polar surface area (TPSA) is 76.0 Å². The minimum atomic E-state index is -0.374. The maximum atomic E-state index is 13.6. The molecular formula is C30H39BrN4O4. The van der Waals surface area contributed by atoms with Gasteiger partial charge in [-0.05, 0) is 55.3 Å². The van der Waals surface area contributed by atoms with E-state index < -0.39 is 0 Å². The fourth-order valence-corrected chi connectivity index (χ4v) is 4.40. The van der Waals surface area contributed by atoms with E-state index in [1.807, 2.05) is 54.4 Å². The van der Waals surface area contributed by atoms with Crippen molar-refractivity contribution >= 4 is 33.6 Å². The number of halogens is 1. The second-order valence-electron chi connectivity index (χ2n) is 9.20. The number of nitrogens with zero attached hydrogens (tertiary/aromatic N) is 3. The monoisotopic (exact) mass is 598 g/mol. The molecule has 0 aliphatic carbocycles. The molecule has 0 fully saturated rings. The average molecular weight is 600 g/mol. The van der Waals surface area contributed by atoms with Gasteiger partial charge in [0.05, 0.1) is 25.4 Å². The van der Waals surface area contributed by atoms with Gasteiger partial charge in [0.2, 0.25) is 5.91 Å². The van der Waals surface area contributed by atoms with E-state index in [0.717, 1.165) is 23.0 Å². The summed E-state index contributed by atoms with van der Waals surface area (Å²) in [4.78, 5) is 30.2. The number of methoxy groups -OCH3 is 1. The summed E-state index contributed by atoms with van der Waals surface area (Å²) < 4.78 is 14.1. The summed E-state index contributed by atoms with van der Waals surface area (Å²) in [5.74, 6) is 0.478. The number of benzene rings is 2. The normalized spacial score (nSPS) is 10.8. The average Bonchev–Trinajstić information content (AvgIpc) is 3.37. The minimum Gasteiger partial charge on any atom is -0.492 e. The van der Waals surface area contributed by atoms with Gasteiger partial charge in [-0.3, -0.25) is 4.79 Å². The van der Waals surface area contributed by atoms with Crippen molar-refractivity contribution in [1.29, 1.82) is 0 Å². The highest BCUT2D eigenvalue weighted by Crippen LogP contribution is 2.24. The molecule has 0 atom stereocenters. The van der Waals surface area contributed by atoms with Crippen LogP contribution in [0.4, 0.5) is 10.5 Å². The highest BCUT2D eigenvalue weighted by molar-refractivity contribution is 9.10. The summed E-state index contributed by atoms with van der Waals surface area (Å²) in [7, 11) is 1.58. The van der Waals surface area contributed by atoms with Crippen LogP contribution in [0, 0.1) is 0 Å². The zero-order chi connectivity index (χ0) is 28.0. The predicted octanol–water partition coefficient (Wildman–Crippen LogP) is 6.01. The minimum absolute atomic E-state index is 0.0525. The molecule has 3 aromatic rings.